The van der Waals surface area contributed by atoms with Crippen LogP contribution in [0.4, 0.5) is 5.69 Å². The number of esters is 1. The molecular formula is C34H22Cl2N2O5. The number of ether oxygens (including phenoxy) is 1. The quantitative estimate of drug-likeness (QED) is 0.111. The molecule has 1 atom stereocenters. The van der Waals surface area contributed by atoms with Gasteiger partial charge in [0.1, 0.15) is 0 Å². The number of benzene rings is 4. The average molecular weight is 609 g/mol. The lowest BCUT2D eigenvalue weighted by Crippen LogP contribution is -2.29. The van der Waals surface area contributed by atoms with Crippen LogP contribution in [0.3, 0.4) is 0 Å². The van der Waals surface area contributed by atoms with Crippen molar-refractivity contribution in [3.05, 3.63) is 129 Å². The van der Waals surface area contributed by atoms with Crippen molar-refractivity contribution >= 4 is 63.4 Å². The van der Waals surface area contributed by atoms with Crippen LogP contribution < -0.4 is 4.90 Å². The van der Waals surface area contributed by atoms with Gasteiger partial charge in [0, 0.05) is 26.6 Å². The third kappa shape index (κ3) is 5.07. The molecule has 1 unspecified atom stereocenters. The Morgan fingerprint density at radius 3 is 2.16 bits per heavy atom. The number of anilines is 1. The maximum atomic E-state index is 13.5. The Kier molecular flexibility index (Phi) is 7.30. The highest BCUT2D eigenvalue weighted by molar-refractivity contribution is 6.34. The first-order chi connectivity index (χ1) is 20.6. The molecule has 0 saturated heterocycles. The number of carbonyl (C=O) groups is 4. The molecule has 4 aromatic carbocycles. The SMILES string of the molecule is Cc1c(Cl)ccc2c(C(=O)OC(C)C(=O)c3cccc(Cl)c3)cc(-c3ccc(N4C(=O)c5ccccc5C4=O)cc3)nc12. The van der Waals surface area contributed by atoms with Crippen LogP contribution in [0.25, 0.3) is 22.2 Å². The minimum atomic E-state index is -1.08. The number of imide groups is 1. The summed E-state index contributed by atoms with van der Waals surface area (Å²) in [7, 11) is 0. The van der Waals surface area contributed by atoms with E-state index in [0.29, 0.717) is 60.1 Å². The molecule has 0 fully saturated rings. The summed E-state index contributed by atoms with van der Waals surface area (Å²) in [5, 5.41) is 1.39. The Labute approximate surface area is 256 Å². The van der Waals surface area contributed by atoms with E-state index in [-0.39, 0.29) is 5.56 Å². The molecule has 2 heterocycles. The van der Waals surface area contributed by atoms with Gasteiger partial charge in [0.15, 0.2) is 6.10 Å². The van der Waals surface area contributed by atoms with Crippen LogP contribution in [0.15, 0.2) is 91.0 Å². The smallest absolute Gasteiger partial charge is 0.339 e. The zero-order chi connectivity index (χ0) is 30.4. The molecule has 0 saturated carbocycles. The van der Waals surface area contributed by atoms with Crippen molar-refractivity contribution in [2.45, 2.75) is 20.0 Å². The molecule has 7 nitrogen and oxygen atoms in total. The van der Waals surface area contributed by atoms with Gasteiger partial charge in [-0.25, -0.2) is 14.7 Å². The summed E-state index contributed by atoms with van der Waals surface area (Å²) in [5.41, 5.74) is 3.87. The van der Waals surface area contributed by atoms with Crippen molar-refractivity contribution < 1.29 is 23.9 Å². The van der Waals surface area contributed by atoms with Crippen LogP contribution >= 0.6 is 23.2 Å². The highest BCUT2D eigenvalue weighted by Crippen LogP contribution is 2.33. The molecule has 1 aliphatic heterocycles. The summed E-state index contributed by atoms with van der Waals surface area (Å²) in [5.74, 6) is -1.89. The second kappa shape index (κ2) is 11.1. The topological polar surface area (TPSA) is 93.6 Å². The molecule has 6 rings (SSSR count). The van der Waals surface area contributed by atoms with Gasteiger partial charge >= 0.3 is 5.97 Å². The van der Waals surface area contributed by atoms with E-state index in [0.717, 1.165) is 4.90 Å². The van der Waals surface area contributed by atoms with E-state index in [1.165, 1.54) is 13.0 Å². The van der Waals surface area contributed by atoms with E-state index in [1.807, 2.05) is 0 Å². The molecule has 9 heteroatoms. The first-order valence-electron chi connectivity index (χ1n) is 13.3. The number of aryl methyl sites for hydroxylation is 1. The summed E-state index contributed by atoms with van der Waals surface area (Å²) in [6.07, 6.45) is -1.08. The summed E-state index contributed by atoms with van der Waals surface area (Å²) in [6, 6.07) is 24.8. The van der Waals surface area contributed by atoms with Crippen LogP contribution in [0.1, 0.15) is 53.9 Å². The van der Waals surface area contributed by atoms with E-state index >= 15 is 0 Å². The third-order valence-corrected chi connectivity index (χ3v) is 8.01. The normalized spacial score (nSPS) is 13.3. The molecular weight excluding hydrogens is 587 g/mol. The predicted octanol–water partition coefficient (Wildman–Crippen LogP) is 7.75. The number of Topliss-reactive ketones (excluding diaryl/α,β-unsaturated/α-hetero) is 1. The number of pyridine rings is 1. The molecule has 5 aromatic rings. The van der Waals surface area contributed by atoms with E-state index in [9.17, 15) is 19.2 Å². The monoisotopic (exact) mass is 608 g/mol. The van der Waals surface area contributed by atoms with E-state index in [2.05, 4.69) is 0 Å². The fourth-order valence-electron chi connectivity index (χ4n) is 5.08. The van der Waals surface area contributed by atoms with E-state index in [1.54, 1.807) is 91.9 Å². The first kappa shape index (κ1) is 28.3. The largest absolute Gasteiger partial charge is 0.451 e. The van der Waals surface area contributed by atoms with Crippen molar-refractivity contribution in [1.82, 2.24) is 4.98 Å². The highest BCUT2D eigenvalue weighted by atomic mass is 35.5. The Morgan fingerprint density at radius 1 is 0.837 bits per heavy atom. The number of fused-ring (bicyclic) bond motifs is 2. The van der Waals surface area contributed by atoms with Crippen molar-refractivity contribution in [3.8, 4) is 11.3 Å². The summed E-state index contributed by atoms with van der Waals surface area (Å²) in [4.78, 5) is 58.3. The van der Waals surface area contributed by atoms with Crippen LogP contribution in [-0.2, 0) is 4.74 Å². The molecule has 212 valence electrons. The average Bonchev–Trinajstić information content (AvgIpc) is 3.27. The lowest BCUT2D eigenvalue weighted by atomic mass is 10.0. The van der Waals surface area contributed by atoms with Gasteiger partial charge in [-0.1, -0.05) is 65.7 Å². The Bertz CT molecular complexity index is 1950. The standard InChI is InChI=1S/C34H22Cl2N2O5/c1-18-28(36)15-14-24-27(34(42)43-19(2)31(39)21-6-5-7-22(35)16-21)17-29(37-30(18)24)20-10-12-23(13-11-20)38-32(40)25-8-3-4-9-26(25)33(38)41/h3-17,19H,1-2H3. The minimum absolute atomic E-state index is 0.204. The predicted molar refractivity (Wildman–Crippen MR) is 165 cm³/mol. The number of hydrogen-bond donors (Lipinski definition) is 0. The lowest BCUT2D eigenvalue weighted by molar-refractivity contribution is 0.0320. The zero-order valence-electron chi connectivity index (χ0n) is 22.9. The molecule has 1 aromatic heterocycles. The maximum absolute atomic E-state index is 13.5. The van der Waals surface area contributed by atoms with Crippen LogP contribution in [0.2, 0.25) is 10.0 Å². The van der Waals surface area contributed by atoms with Crippen molar-refractivity contribution in [2.75, 3.05) is 4.90 Å². The molecule has 0 N–H and O–H groups in total. The van der Waals surface area contributed by atoms with Gasteiger partial charge in [-0.2, -0.15) is 0 Å². The van der Waals surface area contributed by atoms with Crippen LogP contribution in [0.5, 0.6) is 0 Å². The maximum Gasteiger partial charge on any atom is 0.339 e. The van der Waals surface area contributed by atoms with Crippen LogP contribution in [-0.4, -0.2) is 34.7 Å². The molecule has 0 spiro atoms. The van der Waals surface area contributed by atoms with Gasteiger partial charge in [0.2, 0.25) is 5.78 Å². The second-order valence-electron chi connectivity index (χ2n) is 10.1. The molecule has 0 bridgehead atoms. The number of carbonyl (C=O) groups excluding carboxylic acids is 4. The van der Waals surface area contributed by atoms with E-state index < -0.39 is 29.7 Å². The summed E-state index contributed by atoms with van der Waals surface area (Å²) < 4.78 is 5.63. The zero-order valence-corrected chi connectivity index (χ0v) is 24.4. The number of ketones is 1. The fraction of sp³-hybridized carbons (Fsp3) is 0.0882. The van der Waals surface area contributed by atoms with Gasteiger partial charge in [-0.05, 0) is 67.9 Å². The second-order valence-corrected chi connectivity index (χ2v) is 10.9. The summed E-state index contributed by atoms with van der Waals surface area (Å²) in [6.45, 7) is 3.30. The Balaban J connectivity index is 1.35. The molecule has 2 amide bonds. The van der Waals surface area contributed by atoms with Crippen LogP contribution in [0, 0.1) is 6.92 Å². The fourth-order valence-corrected chi connectivity index (χ4v) is 5.42. The van der Waals surface area contributed by atoms with Crippen molar-refractivity contribution in [1.29, 1.82) is 0 Å². The van der Waals surface area contributed by atoms with Gasteiger partial charge in [-0.3, -0.25) is 14.4 Å². The number of aromatic nitrogens is 1. The summed E-state index contributed by atoms with van der Waals surface area (Å²) >= 11 is 12.4. The van der Waals surface area contributed by atoms with E-state index in [4.69, 9.17) is 32.9 Å². The first-order valence-corrected chi connectivity index (χ1v) is 14.1. The third-order valence-electron chi connectivity index (χ3n) is 7.37. The van der Waals surface area contributed by atoms with Crippen molar-refractivity contribution in [3.63, 3.8) is 0 Å². The lowest BCUT2D eigenvalue weighted by Gasteiger charge is -2.16. The number of hydrogen-bond acceptors (Lipinski definition) is 6. The van der Waals surface area contributed by atoms with Gasteiger partial charge in [0.25, 0.3) is 11.8 Å². The Morgan fingerprint density at radius 2 is 1.51 bits per heavy atom. The van der Waals surface area contributed by atoms with Crippen molar-refractivity contribution in [2.24, 2.45) is 0 Å². The van der Waals surface area contributed by atoms with Gasteiger partial charge in [-0.15, -0.1) is 0 Å². The number of rotatable bonds is 6. The van der Waals surface area contributed by atoms with Gasteiger partial charge < -0.3 is 4.74 Å². The molecule has 0 aliphatic carbocycles. The number of halogens is 2. The number of amides is 2. The number of nitrogens with zero attached hydrogens (tertiary/aromatic N) is 2. The highest BCUT2D eigenvalue weighted by Gasteiger charge is 2.36. The Hall–Kier alpha value is -4.85. The molecule has 43 heavy (non-hydrogen) atoms. The van der Waals surface area contributed by atoms with Gasteiger partial charge in [0.05, 0.1) is 33.6 Å². The molecule has 1 aliphatic rings. The molecule has 0 radical (unpaired) electrons. The minimum Gasteiger partial charge on any atom is -0.451 e.